The number of benzene rings is 4. The van der Waals surface area contributed by atoms with E-state index in [9.17, 15) is 4.39 Å². The molecule has 37 heavy (non-hydrogen) atoms. The van der Waals surface area contributed by atoms with Gasteiger partial charge in [0.1, 0.15) is 17.4 Å². The van der Waals surface area contributed by atoms with Crippen LogP contribution in [0.2, 0.25) is 0 Å². The molecule has 5 aromatic rings. The van der Waals surface area contributed by atoms with Crippen LogP contribution in [0.4, 0.5) is 10.1 Å². The first kappa shape index (κ1) is 25.2. The molecular weight excluding hydrogens is 551 g/mol. The molecule has 0 fully saturated rings. The van der Waals surface area contributed by atoms with Crippen LogP contribution in [0.5, 0.6) is 11.5 Å². The van der Waals surface area contributed by atoms with Crippen LogP contribution in [0.1, 0.15) is 23.6 Å². The van der Waals surface area contributed by atoms with Gasteiger partial charge >= 0.3 is 0 Å². The highest BCUT2D eigenvalue weighted by atomic mass is 79.9. The van der Waals surface area contributed by atoms with Crippen LogP contribution in [-0.4, -0.2) is 11.6 Å². The molecule has 7 heteroatoms. The Morgan fingerprint density at radius 1 is 0.919 bits per heavy atom. The highest BCUT2D eigenvalue weighted by Gasteiger charge is 2.13. The Kier molecular flexibility index (Phi) is 7.72. The standard InChI is InChI=1S/C30H26BrFN2O2S/c1-3-35-27-16-21(15-25(31)29(27)36-18-20-5-9-23(32)10-6-20)17-33-24-11-7-22(8-12-24)30-34-26-13-4-19(2)14-28(26)37-30/h4-16,33H,3,17-18H2,1-2H3. The fourth-order valence-corrected chi connectivity index (χ4v) is 5.63. The second kappa shape index (κ2) is 11.3. The van der Waals surface area contributed by atoms with E-state index in [1.807, 2.05) is 19.1 Å². The number of thiazole rings is 1. The van der Waals surface area contributed by atoms with Crippen molar-refractivity contribution >= 4 is 43.2 Å². The zero-order valence-electron chi connectivity index (χ0n) is 20.6. The molecule has 1 N–H and O–H groups in total. The Morgan fingerprint density at radius 2 is 1.70 bits per heavy atom. The summed E-state index contributed by atoms with van der Waals surface area (Å²) < 4.78 is 27.1. The molecular formula is C30H26BrFN2O2S. The molecule has 4 nitrogen and oxygen atoms in total. The maximum Gasteiger partial charge on any atom is 0.175 e. The quantitative estimate of drug-likeness (QED) is 0.190. The Bertz CT molecular complexity index is 1520. The van der Waals surface area contributed by atoms with E-state index in [-0.39, 0.29) is 5.82 Å². The summed E-state index contributed by atoms with van der Waals surface area (Å²) in [5, 5.41) is 4.51. The minimum absolute atomic E-state index is 0.266. The number of aryl methyl sites for hydroxylation is 1. The predicted octanol–water partition coefficient (Wildman–Crippen LogP) is 8.76. The van der Waals surface area contributed by atoms with Crippen LogP contribution < -0.4 is 14.8 Å². The summed E-state index contributed by atoms with van der Waals surface area (Å²) in [6, 6.07) is 25.0. The van der Waals surface area contributed by atoms with Crippen LogP contribution in [0, 0.1) is 12.7 Å². The first-order valence-corrected chi connectivity index (χ1v) is 13.6. The molecule has 0 unspecified atom stereocenters. The molecule has 1 aromatic heterocycles. The smallest absolute Gasteiger partial charge is 0.175 e. The van der Waals surface area contributed by atoms with E-state index in [1.165, 1.54) is 22.4 Å². The van der Waals surface area contributed by atoms with Gasteiger partial charge in [-0.05, 0) is 107 Å². The van der Waals surface area contributed by atoms with Crippen molar-refractivity contribution in [2.45, 2.75) is 27.0 Å². The Balaban J connectivity index is 1.26. The summed E-state index contributed by atoms with van der Waals surface area (Å²) in [4.78, 5) is 4.78. The van der Waals surface area contributed by atoms with Gasteiger partial charge in [0.25, 0.3) is 0 Å². The topological polar surface area (TPSA) is 43.4 Å². The van der Waals surface area contributed by atoms with Gasteiger partial charge in [-0.25, -0.2) is 9.37 Å². The lowest BCUT2D eigenvalue weighted by Gasteiger charge is -2.16. The van der Waals surface area contributed by atoms with Crippen LogP contribution in [0.25, 0.3) is 20.8 Å². The van der Waals surface area contributed by atoms with E-state index in [0.29, 0.717) is 31.3 Å². The molecule has 4 aromatic carbocycles. The molecule has 0 saturated heterocycles. The number of rotatable bonds is 9. The zero-order valence-corrected chi connectivity index (χ0v) is 23.0. The second-order valence-corrected chi connectivity index (χ2v) is 10.6. The van der Waals surface area contributed by atoms with Gasteiger partial charge in [-0.15, -0.1) is 11.3 Å². The van der Waals surface area contributed by atoms with Crippen molar-refractivity contribution < 1.29 is 13.9 Å². The number of halogens is 2. The SMILES string of the molecule is CCOc1cc(CNc2ccc(-c3nc4ccc(C)cc4s3)cc2)cc(Br)c1OCc1ccc(F)cc1. The Morgan fingerprint density at radius 3 is 2.46 bits per heavy atom. The number of nitrogens with one attached hydrogen (secondary N) is 1. The van der Waals surface area contributed by atoms with Crippen molar-refractivity contribution in [2.75, 3.05) is 11.9 Å². The largest absolute Gasteiger partial charge is 0.490 e. The van der Waals surface area contributed by atoms with Gasteiger partial charge in [0.05, 0.1) is 21.3 Å². The first-order valence-electron chi connectivity index (χ1n) is 12.0. The van der Waals surface area contributed by atoms with Crippen molar-refractivity contribution in [3.05, 3.63) is 106 Å². The lowest BCUT2D eigenvalue weighted by Crippen LogP contribution is -2.04. The minimum Gasteiger partial charge on any atom is -0.490 e. The van der Waals surface area contributed by atoms with E-state index in [2.05, 4.69) is 70.6 Å². The number of nitrogens with zero attached hydrogens (tertiary/aromatic N) is 1. The number of aromatic nitrogens is 1. The third kappa shape index (κ3) is 6.12. The molecule has 0 bridgehead atoms. The van der Waals surface area contributed by atoms with Gasteiger partial charge in [-0.3, -0.25) is 0 Å². The lowest BCUT2D eigenvalue weighted by atomic mass is 10.1. The van der Waals surface area contributed by atoms with Crippen LogP contribution in [-0.2, 0) is 13.2 Å². The summed E-state index contributed by atoms with van der Waals surface area (Å²) >= 11 is 5.35. The number of ether oxygens (including phenoxy) is 2. The van der Waals surface area contributed by atoms with Gasteiger partial charge in [0.15, 0.2) is 11.5 Å². The zero-order chi connectivity index (χ0) is 25.8. The number of fused-ring (bicyclic) bond motifs is 1. The average molecular weight is 578 g/mol. The molecule has 0 radical (unpaired) electrons. The third-order valence-electron chi connectivity index (χ3n) is 5.84. The van der Waals surface area contributed by atoms with E-state index < -0.39 is 0 Å². The molecule has 0 amide bonds. The molecule has 1 heterocycles. The van der Waals surface area contributed by atoms with E-state index in [0.717, 1.165) is 37.4 Å². The maximum absolute atomic E-state index is 13.2. The highest BCUT2D eigenvalue weighted by molar-refractivity contribution is 9.10. The molecule has 0 saturated carbocycles. The fraction of sp³-hybridized carbons (Fsp3) is 0.167. The summed E-state index contributed by atoms with van der Waals surface area (Å²) in [7, 11) is 0. The van der Waals surface area contributed by atoms with Crippen molar-refractivity contribution in [1.82, 2.24) is 4.98 Å². The van der Waals surface area contributed by atoms with Crippen LogP contribution in [0.15, 0.2) is 83.3 Å². The second-order valence-electron chi connectivity index (χ2n) is 8.67. The van der Waals surface area contributed by atoms with Crippen molar-refractivity contribution in [2.24, 2.45) is 0 Å². The van der Waals surface area contributed by atoms with Crippen molar-refractivity contribution in [1.29, 1.82) is 0 Å². The van der Waals surface area contributed by atoms with E-state index in [1.54, 1.807) is 23.5 Å². The van der Waals surface area contributed by atoms with E-state index in [4.69, 9.17) is 14.5 Å². The summed E-state index contributed by atoms with van der Waals surface area (Å²) in [6.45, 7) is 5.50. The van der Waals surface area contributed by atoms with Crippen LogP contribution in [0.3, 0.4) is 0 Å². The summed E-state index contributed by atoms with van der Waals surface area (Å²) in [6.07, 6.45) is 0. The molecule has 0 spiro atoms. The van der Waals surface area contributed by atoms with Crippen LogP contribution >= 0.6 is 27.3 Å². The molecule has 0 aliphatic carbocycles. The van der Waals surface area contributed by atoms with Crippen molar-refractivity contribution in [3.63, 3.8) is 0 Å². The molecule has 188 valence electrons. The maximum atomic E-state index is 13.2. The lowest BCUT2D eigenvalue weighted by molar-refractivity contribution is 0.267. The molecule has 0 atom stereocenters. The van der Waals surface area contributed by atoms with Gasteiger partial charge < -0.3 is 14.8 Å². The summed E-state index contributed by atoms with van der Waals surface area (Å²) in [5.41, 5.74) is 6.34. The number of hydrogen-bond acceptors (Lipinski definition) is 5. The van der Waals surface area contributed by atoms with E-state index >= 15 is 0 Å². The van der Waals surface area contributed by atoms with Gasteiger partial charge in [0.2, 0.25) is 0 Å². The Labute approximate surface area is 228 Å². The van der Waals surface area contributed by atoms with Gasteiger partial charge in [-0.1, -0.05) is 18.2 Å². The highest BCUT2D eigenvalue weighted by Crippen LogP contribution is 2.38. The molecule has 0 aliphatic heterocycles. The predicted molar refractivity (Wildman–Crippen MR) is 153 cm³/mol. The third-order valence-corrected chi connectivity index (χ3v) is 7.49. The molecule has 0 aliphatic rings. The normalized spacial score (nSPS) is 11.0. The van der Waals surface area contributed by atoms with Gasteiger partial charge in [0, 0.05) is 17.8 Å². The average Bonchev–Trinajstić information content (AvgIpc) is 3.32. The van der Waals surface area contributed by atoms with Gasteiger partial charge in [-0.2, -0.15) is 0 Å². The fourth-order valence-electron chi connectivity index (χ4n) is 3.95. The number of hydrogen-bond donors (Lipinski definition) is 1. The number of anilines is 1. The molecule has 5 rings (SSSR count). The monoisotopic (exact) mass is 576 g/mol. The Hall–Kier alpha value is -3.42. The minimum atomic E-state index is -0.266. The summed E-state index contributed by atoms with van der Waals surface area (Å²) in [5.74, 6) is 1.03. The first-order chi connectivity index (χ1) is 18.0. The van der Waals surface area contributed by atoms with Crippen molar-refractivity contribution in [3.8, 4) is 22.1 Å².